The molecule has 0 aromatic rings. The van der Waals surface area contributed by atoms with Gasteiger partial charge in [-0.3, -0.25) is 5.84 Å². The number of nitrogens with one attached hydrogen (secondary N) is 2. The first-order valence-corrected chi connectivity index (χ1v) is 3.90. The summed E-state index contributed by atoms with van der Waals surface area (Å²) >= 11 is 0. The van der Waals surface area contributed by atoms with Crippen molar-refractivity contribution in [1.82, 2.24) is 10.7 Å². The number of hydrogen-bond donors (Lipinski definition) is 3. The van der Waals surface area contributed by atoms with Gasteiger partial charge in [0, 0.05) is 0 Å². The van der Waals surface area contributed by atoms with Crippen LogP contribution in [0.25, 0.3) is 0 Å². The summed E-state index contributed by atoms with van der Waals surface area (Å²) in [5.74, 6) is 5.92. The van der Waals surface area contributed by atoms with Crippen LogP contribution in [0.15, 0.2) is 0 Å². The van der Waals surface area contributed by atoms with Gasteiger partial charge in [-0.2, -0.15) is 0 Å². The summed E-state index contributed by atoms with van der Waals surface area (Å²) in [5.41, 5.74) is 2.63. The Balaban J connectivity index is 3.17. The van der Waals surface area contributed by atoms with Gasteiger partial charge in [-0.05, 0) is 19.4 Å². The molecule has 3 heteroatoms. The van der Waals surface area contributed by atoms with Crippen molar-refractivity contribution in [3.63, 3.8) is 0 Å². The van der Waals surface area contributed by atoms with E-state index in [0.29, 0.717) is 0 Å². The lowest BCUT2D eigenvalue weighted by Gasteiger charge is -2.15. The Morgan fingerprint density at radius 3 is 2.40 bits per heavy atom. The Morgan fingerprint density at radius 2 is 2.00 bits per heavy atom. The SMILES string of the molecule is CCC(C)CNC(C)NN. The molecule has 4 N–H and O–H groups in total. The van der Waals surface area contributed by atoms with E-state index in [2.05, 4.69) is 24.6 Å². The predicted molar refractivity (Wildman–Crippen MR) is 44.2 cm³/mol. The van der Waals surface area contributed by atoms with Gasteiger partial charge in [0.1, 0.15) is 0 Å². The van der Waals surface area contributed by atoms with Crippen LogP contribution < -0.4 is 16.6 Å². The molecule has 2 unspecified atom stereocenters. The Kier molecular flexibility index (Phi) is 5.58. The van der Waals surface area contributed by atoms with Gasteiger partial charge in [-0.15, -0.1) is 0 Å². The van der Waals surface area contributed by atoms with Crippen molar-refractivity contribution in [1.29, 1.82) is 0 Å². The summed E-state index contributed by atoms with van der Waals surface area (Å²) in [6, 6.07) is 0. The fourth-order valence-corrected chi connectivity index (χ4v) is 0.581. The molecule has 0 aliphatic rings. The average molecular weight is 145 g/mol. The zero-order valence-electron chi connectivity index (χ0n) is 7.15. The Hall–Kier alpha value is -0.120. The molecule has 0 aliphatic carbocycles. The van der Waals surface area contributed by atoms with Crippen molar-refractivity contribution < 1.29 is 0 Å². The number of hydrogen-bond acceptors (Lipinski definition) is 3. The van der Waals surface area contributed by atoms with E-state index in [-0.39, 0.29) is 6.17 Å². The minimum Gasteiger partial charge on any atom is -0.301 e. The van der Waals surface area contributed by atoms with E-state index >= 15 is 0 Å². The maximum atomic E-state index is 5.19. The summed E-state index contributed by atoms with van der Waals surface area (Å²) < 4.78 is 0. The smallest absolute Gasteiger partial charge is 0.0673 e. The zero-order chi connectivity index (χ0) is 7.98. The van der Waals surface area contributed by atoms with E-state index in [9.17, 15) is 0 Å². The van der Waals surface area contributed by atoms with Crippen LogP contribution in [-0.2, 0) is 0 Å². The lowest BCUT2D eigenvalue weighted by Crippen LogP contribution is -2.45. The molecule has 0 fully saturated rings. The van der Waals surface area contributed by atoms with Crippen molar-refractivity contribution in [2.24, 2.45) is 11.8 Å². The summed E-state index contributed by atoms with van der Waals surface area (Å²) in [5, 5.41) is 3.25. The van der Waals surface area contributed by atoms with Crippen LogP contribution in [0.1, 0.15) is 27.2 Å². The highest BCUT2D eigenvalue weighted by atomic mass is 15.3. The van der Waals surface area contributed by atoms with Crippen molar-refractivity contribution in [2.45, 2.75) is 33.4 Å². The monoisotopic (exact) mass is 145 g/mol. The van der Waals surface area contributed by atoms with Crippen LogP contribution in [0.3, 0.4) is 0 Å². The van der Waals surface area contributed by atoms with E-state index < -0.39 is 0 Å². The van der Waals surface area contributed by atoms with Gasteiger partial charge in [0.05, 0.1) is 6.17 Å². The maximum absolute atomic E-state index is 5.19. The third kappa shape index (κ3) is 4.73. The molecule has 0 radical (unpaired) electrons. The molecule has 0 bridgehead atoms. The lowest BCUT2D eigenvalue weighted by molar-refractivity contribution is 0.410. The first kappa shape index (κ1) is 9.88. The lowest BCUT2D eigenvalue weighted by atomic mass is 10.1. The average Bonchev–Trinajstić information content (AvgIpc) is 1.99. The van der Waals surface area contributed by atoms with E-state index in [0.717, 1.165) is 12.5 Å². The second-order valence-corrected chi connectivity index (χ2v) is 2.81. The summed E-state index contributed by atoms with van der Waals surface area (Å²) in [7, 11) is 0. The van der Waals surface area contributed by atoms with Crippen LogP contribution in [0.4, 0.5) is 0 Å². The Morgan fingerprint density at radius 1 is 1.40 bits per heavy atom. The molecule has 62 valence electrons. The minimum absolute atomic E-state index is 0.217. The molecule has 0 aromatic carbocycles. The highest BCUT2D eigenvalue weighted by Gasteiger charge is 2.00. The van der Waals surface area contributed by atoms with Gasteiger partial charge in [0.15, 0.2) is 0 Å². The molecule has 0 spiro atoms. The van der Waals surface area contributed by atoms with Gasteiger partial charge in [-0.25, -0.2) is 5.43 Å². The highest BCUT2D eigenvalue weighted by Crippen LogP contribution is 1.96. The van der Waals surface area contributed by atoms with Crippen LogP contribution in [0.5, 0.6) is 0 Å². The van der Waals surface area contributed by atoms with E-state index in [4.69, 9.17) is 5.84 Å². The first-order valence-electron chi connectivity index (χ1n) is 3.90. The second kappa shape index (κ2) is 5.65. The molecule has 0 saturated heterocycles. The molecule has 0 saturated carbocycles. The summed E-state index contributed by atoms with van der Waals surface area (Å²) in [6.45, 7) is 7.44. The Bertz CT molecular complexity index is 65.3. The number of nitrogens with two attached hydrogens (primary N) is 1. The van der Waals surface area contributed by atoms with Gasteiger partial charge < -0.3 is 5.32 Å². The van der Waals surface area contributed by atoms with Crippen molar-refractivity contribution in [3.8, 4) is 0 Å². The molecule has 3 nitrogen and oxygen atoms in total. The second-order valence-electron chi connectivity index (χ2n) is 2.81. The summed E-state index contributed by atoms with van der Waals surface area (Å²) in [6.07, 6.45) is 1.43. The van der Waals surface area contributed by atoms with Crippen molar-refractivity contribution in [2.75, 3.05) is 6.54 Å². The number of hydrazine groups is 1. The van der Waals surface area contributed by atoms with E-state index in [1.807, 2.05) is 6.92 Å². The van der Waals surface area contributed by atoms with E-state index in [1.54, 1.807) is 0 Å². The van der Waals surface area contributed by atoms with Crippen LogP contribution in [0.2, 0.25) is 0 Å². The fraction of sp³-hybridized carbons (Fsp3) is 1.00. The van der Waals surface area contributed by atoms with Crippen molar-refractivity contribution in [3.05, 3.63) is 0 Å². The highest BCUT2D eigenvalue weighted by molar-refractivity contribution is 4.57. The normalized spacial score (nSPS) is 16.8. The molecule has 0 aliphatic heterocycles. The molecular weight excluding hydrogens is 126 g/mol. The van der Waals surface area contributed by atoms with Gasteiger partial charge in [0.2, 0.25) is 0 Å². The standard InChI is InChI=1S/C7H19N3/c1-4-6(2)5-9-7(3)10-8/h6-7,9-10H,4-5,8H2,1-3H3. The van der Waals surface area contributed by atoms with Gasteiger partial charge >= 0.3 is 0 Å². The third-order valence-electron chi connectivity index (χ3n) is 1.72. The third-order valence-corrected chi connectivity index (χ3v) is 1.72. The predicted octanol–water partition coefficient (Wildman–Crippen LogP) is 0.431. The molecule has 0 aromatic heterocycles. The van der Waals surface area contributed by atoms with Crippen LogP contribution in [0, 0.1) is 5.92 Å². The molecule has 10 heavy (non-hydrogen) atoms. The first-order chi connectivity index (χ1) is 4.70. The van der Waals surface area contributed by atoms with Crippen molar-refractivity contribution >= 4 is 0 Å². The minimum atomic E-state index is 0.217. The van der Waals surface area contributed by atoms with Gasteiger partial charge in [0.25, 0.3) is 0 Å². The topological polar surface area (TPSA) is 50.1 Å². The largest absolute Gasteiger partial charge is 0.301 e. The summed E-state index contributed by atoms with van der Waals surface area (Å²) in [4.78, 5) is 0. The molecule has 2 atom stereocenters. The fourth-order valence-electron chi connectivity index (χ4n) is 0.581. The van der Waals surface area contributed by atoms with Gasteiger partial charge in [-0.1, -0.05) is 20.3 Å². The molecule has 0 rings (SSSR count). The number of rotatable bonds is 5. The van der Waals surface area contributed by atoms with Crippen LogP contribution >= 0.6 is 0 Å². The molecular formula is C7H19N3. The van der Waals surface area contributed by atoms with Crippen LogP contribution in [-0.4, -0.2) is 12.7 Å². The maximum Gasteiger partial charge on any atom is 0.0673 e. The molecule has 0 amide bonds. The van der Waals surface area contributed by atoms with E-state index in [1.165, 1.54) is 6.42 Å². The zero-order valence-corrected chi connectivity index (χ0v) is 7.15. The quantitative estimate of drug-likeness (QED) is 0.299. The Labute approximate surface area is 63.3 Å². The molecule has 0 heterocycles.